The van der Waals surface area contributed by atoms with E-state index in [-0.39, 0.29) is 31.1 Å². The van der Waals surface area contributed by atoms with Crippen molar-refractivity contribution >= 4 is 17.9 Å². The molecule has 0 rings (SSSR count). The molecule has 0 bridgehead atoms. The van der Waals surface area contributed by atoms with Gasteiger partial charge in [0.25, 0.3) is 0 Å². The van der Waals surface area contributed by atoms with Crippen LogP contribution in [0.2, 0.25) is 0 Å². The van der Waals surface area contributed by atoms with E-state index in [2.05, 4.69) is 106 Å². The molecule has 0 fully saturated rings. The normalized spacial score (nSPS) is 12.6. The summed E-state index contributed by atoms with van der Waals surface area (Å²) >= 11 is 0. The van der Waals surface area contributed by atoms with Crippen molar-refractivity contribution in [1.82, 2.24) is 0 Å². The first kappa shape index (κ1) is 74.6. The molecule has 0 aliphatic carbocycles. The maximum Gasteiger partial charge on any atom is 0.306 e. The SMILES string of the molecule is CC/C=C\C/C=C\C/C=C\C/C=C\CCCCCCCCC(=O)OC(COC(=O)CCCCCCCCCCCC)COC(=O)CCCCCCCCCCCCCCCCCC/C=C\C/C=C\C/C=C\CCCCCCC. The van der Waals surface area contributed by atoms with Crippen molar-refractivity contribution in [2.75, 3.05) is 13.2 Å². The Labute approximate surface area is 484 Å². The van der Waals surface area contributed by atoms with Crippen molar-refractivity contribution in [3.8, 4) is 0 Å². The molecule has 0 amide bonds. The standard InChI is InChI=1S/C72H126O6/c1-4-7-10-13-16-19-22-24-26-28-30-31-32-33-34-35-36-37-38-39-40-41-43-44-46-48-50-53-56-59-62-65-71(74)77-68-69(67-76-70(73)64-61-58-55-52-21-18-15-12-9-6-3)78-72(75)66-63-60-57-54-51-49-47-45-42-29-27-25-23-20-17-14-11-8-5-2/h8,11,17,20,22,24-25,27-28,30,32-33,42,45,69H,4-7,9-10,12-16,18-19,21,23,26,29,31,34-41,43-44,46-68H2,1-3H3/b11-8-,20-17-,24-22-,27-25-,30-28-,33-32-,45-42-. The predicted molar refractivity (Wildman–Crippen MR) is 339 cm³/mol. The van der Waals surface area contributed by atoms with Crippen LogP contribution in [0.4, 0.5) is 0 Å². The van der Waals surface area contributed by atoms with Gasteiger partial charge in [0, 0.05) is 19.3 Å². The van der Waals surface area contributed by atoms with Gasteiger partial charge in [0.15, 0.2) is 6.10 Å². The molecular formula is C72H126O6. The smallest absolute Gasteiger partial charge is 0.306 e. The quantitative estimate of drug-likeness (QED) is 0.0261. The zero-order valence-electron chi connectivity index (χ0n) is 51.7. The maximum absolute atomic E-state index is 12.9. The number of carbonyl (C=O) groups excluding carboxylic acids is 3. The lowest BCUT2D eigenvalue weighted by atomic mass is 10.0. The summed E-state index contributed by atoms with van der Waals surface area (Å²) in [6.07, 6.45) is 87.5. The van der Waals surface area contributed by atoms with E-state index in [0.717, 1.165) is 109 Å². The Morgan fingerprint density at radius 3 is 0.782 bits per heavy atom. The minimum absolute atomic E-state index is 0.0789. The Hall–Kier alpha value is -3.41. The number of rotatable bonds is 61. The highest BCUT2D eigenvalue weighted by molar-refractivity contribution is 5.71. The molecule has 0 aliphatic heterocycles. The number of ether oxygens (including phenoxy) is 3. The van der Waals surface area contributed by atoms with Crippen LogP contribution in [0, 0.1) is 0 Å². The molecule has 6 nitrogen and oxygen atoms in total. The zero-order chi connectivity index (χ0) is 56.4. The minimum Gasteiger partial charge on any atom is -0.462 e. The predicted octanol–water partition coefficient (Wildman–Crippen LogP) is 23.1. The van der Waals surface area contributed by atoms with Gasteiger partial charge in [-0.05, 0) is 96.3 Å². The van der Waals surface area contributed by atoms with E-state index >= 15 is 0 Å². The molecule has 0 aromatic carbocycles. The van der Waals surface area contributed by atoms with Gasteiger partial charge in [0.1, 0.15) is 13.2 Å². The monoisotopic (exact) mass is 1090 g/mol. The van der Waals surface area contributed by atoms with Crippen LogP contribution in [-0.2, 0) is 28.6 Å². The fourth-order valence-electron chi connectivity index (χ4n) is 9.62. The second-order valence-electron chi connectivity index (χ2n) is 22.4. The van der Waals surface area contributed by atoms with E-state index in [1.165, 1.54) is 186 Å². The lowest BCUT2D eigenvalue weighted by molar-refractivity contribution is -0.167. The summed E-state index contributed by atoms with van der Waals surface area (Å²) in [5, 5.41) is 0. The molecule has 0 heterocycles. The van der Waals surface area contributed by atoms with Gasteiger partial charge in [-0.3, -0.25) is 14.4 Å². The summed E-state index contributed by atoms with van der Waals surface area (Å²) in [4.78, 5) is 38.2. The molecule has 6 heteroatoms. The molecule has 0 aromatic rings. The highest BCUT2D eigenvalue weighted by atomic mass is 16.6. The molecule has 450 valence electrons. The molecule has 78 heavy (non-hydrogen) atoms. The van der Waals surface area contributed by atoms with Gasteiger partial charge in [-0.1, -0.05) is 305 Å². The molecule has 0 saturated carbocycles. The van der Waals surface area contributed by atoms with Gasteiger partial charge in [-0.15, -0.1) is 0 Å². The number of esters is 3. The van der Waals surface area contributed by atoms with E-state index < -0.39 is 6.10 Å². The summed E-state index contributed by atoms with van der Waals surface area (Å²) in [6.45, 7) is 6.52. The minimum atomic E-state index is -0.782. The summed E-state index contributed by atoms with van der Waals surface area (Å²) in [5.41, 5.74) is 0. The van der Waals surface area contributed by atoms with E-state index in [4.69, 9.17) is 14.2 Å². The van der Waals surface area contributed by atoms with Crippen molar-refractivity contribution in [1.29, 1.82) is 0 Å². The summed E-state index contributed by atoms with van der Waals surface area (Å²) < 4.78 is 16.9. The van der Waals surface area contributed by atoms with Crippen molar-refractivity contribution in [2.45, 2.75) is 341 Å². The molecule has 0 aliphatic rings. The Bertz CT molecular complexity index is 1480. The molecule has 1 unspecified atom stereocenters. The average Bonchev–Trinajstić information content (AvgIpc) is 3.44. The first-order chi connectivity index (χ1) is 38.5. The first-order valence-corrected chi connectivity index (χ1v) is 33.6. The molecule has 0 radical (unpaired) electrons. The highest BCUT2D eigenvalue weighted by Gasteiger charge is 2.19. The fraction of sp³-hybridized carbons (Fsp3) is 0.764. The molecule has 0 N–H and O–H groups in total. The van der Waals surface area contributed by atoms with E-state index in [1.807, 2.05) is 0 Å². The lowest BCUT2D eigenvalue weighted by Gasteiger charge is -2.18. The van der Waals surface area contributed by atoms with Crippen molar-refractivity contribution in [3.05, 3.63) is 85.1 Å². The van der Waals surface area contributed by atoms with Crippen LogP contribution in [0.25, 0.3) is 0 Å². The number of allylic oxidation sites excluding steroid dienone is 14. The molecule has 0 saturated heterocycles. The summed E-state index contributed by atoms with van der Waals surface area (Å²) in [5.74, 6) is -0.881. The Balaban J connectivity index is 4.16. The zero-order valence-corrected chi connectivity index (χ0v) is 51.7. The van der Waals surface area contributed by atoms with E-state index in [1.54, 1.807) is 0 Å². The van der Waals surface area contributed by atoms with Gasteiger partial charge >= 0.3 is 17.9 Å². The Kier molecular flexibility index (Phi) is 63.2. The van der Waals surface area contributed by atoms with Crippen LogP contribution in [0.15, 0.2) is 85.1 Å². The van der Waals surface area contributed by atoms with Crippen molar-refractivity contribution in [2.24, 2.45) is 0 Å². The van der Waals surface area contributed by atoms with Gasteiger partial charge in [0.05, 0.1) is 0 Å². The summed E-state index contributed by atoms with van der Waals surface area (Å²) in [6, 6.07) is 0. The first-order valence-electron chi connectivity index (χ1n) is 33.6. The number of hydrogen-bond donors (Lipinski definition) is 0. The number of hydrogen-bond acceptors (Lipinski definition) is 6. The fourth-order valence-corrected chi connectivity index (χ4v) is 9.62. The van der Waals surface area contributed by atoms with Crippen LogP contribution in [-0.4, -0.2) is 37.2 Å². The maximum atomic E-state index is 12.9. The topological polar surface area (TPSA) is 78.9 Å². The van der Waals surface area contributed by atoms with Crippen LogP contribution >= 0.6 is 0 Å². The van der Waals surface area contributed by atoms with Gasteiger partial charge < -0.3 is 14.2 Å². The Morgan fingerprint density at radius 1 is 0.269 bits per heavy atom. The van der Waals surface area contributed by atoms with E-state index in [0.29, 0.717) is 19.3 Å². The van der Waals surface area contributed by atoms with Crippen LogP contribution in [0.5, 0.6) is 0 Å². The summed E-state index contributed by atoms with van der Waals surface area (Å²) in [7, 11) is 0. The van der Waals surface area contributed by atoms with E-state index in [9.17, 15) is 14.4 Å². The third-order valence-electron chi connectivity index (χ3n) is 14.6. The third-order valence-corrected chi connectivity index (χ3v) is 14.6. The third kappa shape index (κ3) is 63.4. The lowest BCUT2D eigenvalue weighted by Crippen LogP contribution is -2.30. The highest BCUT2D eigenvalue weighted by Crippen LogP contribution is 2.17. The average molecular weight is 1090 g/mol. The van der Waals surface area contributed by atoms with Crippen LogP contribution in [0.3, 0.4) is 0 Å². The van der Waals surface area contributed by atoms with Gasteiger partial charge in [-0.2, -0.15) is 0 Å². The van der Waals surface area contributed by atoms with Crippen LogP contribution in [0.1, 0.15) is 335 Å². The molecular weight excluding hydrogens is 961 g/mol. The van der Waals surface area contributed by atoms with Gasteiger partial charge in [-0.25, -0.2) is 0 Å². The molecule has 0 aromatic heterocycles. The van der Waals surface area contributed by atoms with Gasteiger partial charge in [0.2, 0.25) is 0 Å². The second kappa shape index (κ2) is 66.1. The van der Waals surface area contributed by atoms with Crippen molar-refractivity contribution < 1.29 is 28.6 Å². The number of carbonyl (C=O) groups is 3. The largest absolute Gasteiger partial charge is 0.462 e. The van der Waals surface area contributed by atoms with Crippen molar-refractivity contribution in [3.63, 3.8) is 0 Å². The molecule has 1 atom stereocenters. The second-order valence-corrected chi connectivity index (χ2v) is 22.4. The Morgan fingerprint density at radius 2 is 0.500 bits per heavy atom. The molecule has 0 spiro atoms. The van der Waals surface area contributed by atoms with Crippen LogP contribution < -0.4 is 0 Å². The number of unbranched alkanes of at least 4 members (excludes halogenated alkanes) is 36.